The fraction of sp³-hybridized carbons (Fsp3) is 0.300. The first-order valence-electron chi connectivity index (χ1n) is 8.71. The van der Waals surface area contributed by atoms with E-state index in [1.807, 2.05) is 19.9 Å². The molecule has 0 aliphatic carbocycles. The molecule has 1 aromatic carbocycles. The summed E-state index contributed by atoms with van der Waals surface area (Å²) in [5.41, 5.74) is 3.49. The first kappa shape index (κ1) is 19.3. The van der Waals surface area contributed by atoms with E-state index in [4.69, 9.17) is 11.6 Å². The number of hydrogen-bond donors (Lipinski definition) is 2. The molecule has 4 nitrogen and oxygen atoms in total. The molecule has 2 aromatic rings. The number of carbonyl (C=O) groups is 1. The van der Waals surface area contributed by atoms with Crippen molar-refractivity contribution in [3.8, 4) is 0 Å². The highest BCUT2D eigenvalue weighted by Crippen LogP contribution is 2.25. The van der Waals surface area contributed by atoms with Crippen LogP contribution in [0.2, 0.25) is 5.02 Å². The molecule has 2 N–H and O–H groups in total. The van der Waals surface area contributed by atoms with Crippen LogP contribution in [0.25, 0.3) is 0 Å². The number of carbonyl (C=O) groups excluding carboxylic acids is 1. The van der Waals surface area contributed by atoms with Crippen LogP contribution in [-0.2, 0) is 11.2 Å². The number of benzene rings is 1. The standard InChI is InChI=1S/C20H20ClF2N3O/c1-11(2)18-17(4-6-25-20(18)27)26-13-3-5-24-14(10-13)7-12-8-15(22)19(21)16(23)9-12/h3,5,8-11H,4,6-7H2,1-2H3,(H,24,26)(H,25,27). The van der Waals surface area contributed by atoms with Crippen LogP contribution in [-0.4, -0.2) is 17.4 Å². The second-order valence-electron chi connectivity index (χ2n) is 6.76. The molecule has 0 bridgehead atoms. The van der Waals surface area contributed by atoms with Crippen LogP contribution in [0.1, 0.15) is 31.5 Å². The van der Waals surface area contributed by atoms with Crippen molar-refractivity contribution in [3.05, 3.63) is 69.6 Å². The van der Waals surface area contributed by atoms with Gasteiger partial charge in [-0.25, -0.2) is 8.78 Å². The van der Waals surface area contributed by atoms with E-state index in [0.717, 1.165) is 17.0 Å². The first-order valence-corrected chi connectivity index (χ1v) is 9.09. The van der Waals surface area contributed by atoms with Crippen LogP contribution in [0.3, 0.4) is 0 Å². The Kier molecular flexibility index (Phi) is 5.75. The van der Waals surface area contributed by atoms with Gasteiger partial charge >= 0.3 is 0 Å². The Hall–Kier alpha value is -2.47. The monoisotopic (exact) mass is 391 g/mol. The zero-order valence-electron chi connectivity index (χ0n) is 15.1. The lowest BCUT2D eigenvalue weighted by atomic mass is 9.96. The second-order valence-corrected chi connectivity index (χ2v) is 7.14. The molecule has 0 unspecified atom stereocenters. The molecule has 1 aliphatic rings. The maximum atomic E-state index is 13.6. The molecule has 7 heteroatoms. The fourth-order valence-corrected chi connectivity index (χ4v) is 3.26. The van der Waals surface area contributed by atoms with E-state index in [1.165, 1.54) is 12.1 Å². The lowest BCUT2D eigenvalue weighted by Gasteiger charge is -2.24. The molecule has 27 heavy (non-hydrogen) atoms. The van der Waals surface area contributed by atoms with Crippen LogP contribution in [0.5, 0.6) is 0 Å². The van der Waals surface area contributed by atoms with Gasteiger partial charge in [0.1, 0.15) is 16.7 Å². The van der Waals surface area contributed by atoms with Gasteiger partial charge in [-0.05, 0) is 35.7 Å². The number of pyridine rings is 1. The average Bonchev–Trinajstić information content (AvgIpc) is 2.59. The Labute approximate surface area is 161 Å². The van der Waals surface area contributed by atoms with Crippen LogP contribution in [0, 0.1) is 17.6 Å². The molecule has 0 atom stereocenters. The third-order valence-electron chi connectivity index (χ3n) is 4.35. The number of nitrogens with one attached hydrogen (secondary N) is 2. The third-order valence-corrected chi connectivity index (χ3v) is 4.71. The van der Waals surface area contributed by atoms with E-state index in [0.29, 0.717) is 24.2 Å². The van der Waals surface area contributed by atoms with Gasteiger partial charge in [-0.15, -0.1) is 0 Å². The number of halogens is 3. The van der Waals surface area contributed by atoms with Gasteiger partial charge < -0.3 is 10.6 Å². The minimum absolute atomic E-state index is 0.0554. The number of amides is 1. The van der Waals surface area contributed by atoms with Gasteiger partial charge in [0, 0.05) is 48.2 Å². The van der Waals surface area contributed by atoms with Gasteiger partial charge in [0.25, 0.3) is 0 Å². The zero-order valence-corrected chi connectivity index (χ0v) is 15.8. The minimum Gasteiger partial charge on any atom is -0.358 e. The molecule has 0 saturated heterocycles. The van der Waals surface area contributed by atoms with Gasteiger partial charge in [0.15, 0.2) is 0 Å². The van der Waals surface area contributed by atoms with Gasteiger partial charge in [-0.1, -0.05) is 25.4 Å². The van der Waals surface area contributed by atoms with E-state index in [-0.39, 0.29) is 18.2 Å². The van der Waals surface area contributed by atoms with Crippen molar-refractivity contribution in [1.29, 1.82) is 0 Å². The molecule has 1 aliphatic heterocycles. The third kappa shape index (κ3) is 4.45. The lowest BCUT2D eigenvalue weighted by Crippen LogP contribution is -2.35. The maximum Gasteiger partial charge on any atom is 0.249 e. The molecular formula is C20H20ClF2N3O. The van der Waals surface area contributed by atoms with Crippen molar-refractivity contribution in [2.75, 3.05) is 11.9 Å². The van der Waals surface area contributed by atoms with Crippen molar-refractivity contribution >= 4 is 23.2 Å². The van der Waals surface area contributed by atoms with E-state index in [2.05, 4.69) is 15.6 Å². The molecular weight excluding hydrogens is 372 g/mol. The van der Waals surface area contributed by atoms with E-state index in [1.54, 1.807) is 12.3 Å². The molecule has 0 spiro atoms. The molecule has 2 heterocycles. The van der Waals surface area contributed by atoms with Crippen molar-refractivity contribution in [3.63, 3.8) is 0 Å². The molecule has 0 saturated carbocycles. The predicted octanol–water partition coefficient (Wildman–Crippen LogP) is 4.45. The summed E-state index contributed by atoms with van der Waals surface area (Å²) in [6, 6.07) is 6.02. The number of nitrogens with zero attached hydrogens (tertiary/aromatic N) is 1. The summed E-state index contributed by atoms with van der Waals surface area (Å²) in [6.07, 6.45) is 2.60. The van der Waals surface area contributed by atoms with E-state index >= 15 is 0 Å². The number of rotatable bonds is 5. The average molecular weight is 392 g/mol. The Morgan fingerprint density at radius 3 is 2.63 bits per heavy atom. The van der Waals surface area contributed by atoms with Crippen molar-refractivity contribution < 1.29 is 13.6 Å². The molecule has 142 valence electrons. The highest BCUT2D eigenvalue weighted by Gasteiger charge is 2.22. The predicted molar refractivity (Wildman–Crippen MR) is 102 cm³/mol. The zero-order chi connectivity index (χ0) is 19.6. The number of anilines is 1. The fourth-order valence-electron chi connectivity index (χ4n) is 3.15. The summed E-state index contributed by atoms with van der Waals surface area (Å²) < 4.78 is 27.3. The van der Waals surface area contributed by atoms with Gasteiger partial charge in [-0.2, -0.15) is 0 Å². The largest absolute Gasteiger partial charge is 0.358 e. The van der Waals surface area contributed by atoms with Gasteiger partial charge in [0.2, 0.25) is 5.91 Å². The normalized spacial score (nSPS) is 14.5. The quantitative estimate of drug-likeness (QED) is 0.740. The summed E-state index contributed by atoms with van der Waals surface area (Å²) >= 11 is 5.52. The maximum absolute atomic E-state index is 13.6. The topological polar surface area (TPSA) is 54.0 Å². The Morgan fingerprint density at radius 1 is 1.26 bits per heavy atom. The first-order chi connectivity index (χ1) is 12.8. The highest BCUT2D eigenvalue weighted by atomic mass is 35.5. The summed E-state index contributed by atoms with van der Waals surface area (Å²) in [7, 11) is 0. The van der Waals surface area contributed by atoms with Crippen LogP contribution < -0.4 is 10.6 Å². The Morgan fingerprint density at radius 2 is 1.96 bits per heavy atom. The van der Waals surface area contributed by atoms with Crippen LogP contribution in [0.4, 0.5) is 14.5 Å². The lowest BCUT2D eigenvalue weighted by molar-refractivity contribution is -0.118. The minimum atomic E-state index is -0.791. The number of aromatic nitrogens is 1. The number of hydrogen-bond acceptors (Lipinski definition) is 3. The van der Waals surface area contributed by atoms with Gasteiger partial charge in [0.05, 0.1) is 0 Å². The van der Waals surface area contributed by atoms with Crippen molar-refractivity contribution in [2.45, 2.75) is 26.7 Å². The Balaban J connectivity index is 1.84. The Bertz CT molecular complexity index is 889. The van der Waals surface area contributed by atoms with Crippen LogP contribution >= 0.6 is 11.6 Å². The van der Waals surface area contributed by atoms with E-state index < -0.39 is 16.7 Å². The summed E-state index contributed by atoms with van der Waals surface area (Å²) in [6.45, 7) is 4.53. The molecule has 1 aromatic heterocycles. The second kappa shape index (κ2) is 8.05. The summed E-state index contributed by atoms with van der Waals surface area (Å²) in [5, 5.41) is 5.66. The van der Waals surface area contributed by atoms with Crippen molar-refractivity contribution in [1.82, 2.24) is 10.3 Å². The smallest absolute Gasteiger partial charge is 0.249 e. The molecule has 1 amide bonds. The molecule has 0 radical (unpaired) electrons. The van der Waals surface area contributed by atoms with Crippen LogP contribution in [0.15, 0.2) is 41.7 Å². The van der Waals surface area contributed by atoms with E-state index in [9.17, 15) is 13.6 Å². The molecule has 3 rings (SSSR count). The summed E-state index contributed by atoms with van der Waals surface area (Å²) in [5.74, 6) is -1.55. The van der Waals surface area contributed by atoms with Gasteiger partial charge in [-0.3, -0.25) is 9.78 Å². The molecule has 0 fully saturated rings. The SMILES string of the molecule is CC(C)C1=C(Nc2ccnc(Cc3cc(F)c(Cl)c(F)c3)c2)CCNC1=O. The van der Waals surface area contributed by atoms with Crippen molar-refractivity contribution in [2.24, 2.45) is 5.92 Å². The highest BCUT2D eigenvalue weighted by molar-refractivity contribution is 6.30. The summed E-state index contributed by atoms with van der Waals surface area (Å²) in [4.78, 5) is 16.4.